The Hall–Kier alpha value is -2.36. The molecule has 3 aromatic rings. The molecule has 1 aliphatic heterocycles. The first-order valence-electron chi connectivity index (χ1n) is 10.7. The van der Waals surface area contributed by atoms with Crippen LogP contribution in [-0.4, -0.2) is 36.3 Å². The lowest BCUT2D eigenvalue weighted by Gasteiger charge is -2.34. The first-order chi connectivity index (χ1) is 15.2. The second-order valence-electron chi connectivity index (χ2n) is 8.45. The number of carbonyl (C=O) groups excluding carboxylic acids is 1. The van der Waals surface area contributed by atoms with E-state index in [1.54, 1.807) is 6.07 Å². The highest BCUT2D eigenvalue weighted by molar-refractivity contribution is 7.89. The number of benzene rings is 2. The summed E-state index contributed by atoms with van der Waals surface area (Å²) in [6, 6.07) is 10.4. The Kier molecular flexibility index (Phi) is 6.33. The number of fused-ring (bicyclic) bond motifs is 1. The predicted octanol–water partition coefficient (Wildman–Crippen LogP) is 4.27. The van der Waals surface area contributed by atoms with E-state index in [0.29, 0.717) is 46.5 Å². The Morgan fingerprint density at radius 2 is 1.78 bits per heavy atom. The van der Waals surface area contributed by atoms with Gasteiger partial charge in [-0.25, -0.2) is 12.8 Å². The number of halogens is 1. The summed E-state index contributed by atoms with van der Waals surface area (Å²) in [7, 11) is -3.61. The Balaban J connectivity index is 1.62. The maximum atomic E-state index is 13.6. The molecule has 0 bridgehead atoms. The number of piperidine rings is 1. The normalized spacial score (nSPS) is 20.7. The van der Waals surface area contributed by atoms with E-state index in [4.69, 9.17) is 0 Å². The third-order valence-electron chi connectivity index (χ3n) is 5.73. The first kappa shape index (κ1) is 22.8. The maximum absolute atomic E-state index is 13.6. The van der Waals surface area contributed by atoms with E-state index < -0.39 is 15.9 Å². The molecule has 2 heterocycles. The molecule has 0 radical (unpaired) electrons. The number of sulfonamides is 1. The molecule has 0 N–H and O–H groups in total. The minimum Gasteiger partial charge on any atom is -0.317 e. The Morgan fingerprint density at radius 3 is 2.41 bits per heavy atom. The standard InChI is InChI=1S/C23H26FN3O3S2/c1-4-27-20-10-7-18(24)12-21(20)31-23(27)25-22(28)17-5-8-19(9-6-17)32(29,30)26-13-15(2)11-16(3)14-26/h5-10,12,15-16H,4,11,13-14H2,1-3H3/t15-,16-/m1/s1. The van der Waals surface area contributed by atoms with Crippen molar-refractivity contribution in [1.29, 1.82) is 0 Å². The van der Waals surface area contributed by atoms with Gasteiger partial charge in [0.1, 0.15) is 5.82 Å². The summed E-state index contributed by atoms with van der Waals surface area (Å²) < 4.78 is 43.8. The van der Waals surface area contributed by atoms with Crippen LogP contribution in [0.15, 0.2) is 52.4 Å². The lowest BCUT2D eigenvalue weighted by molar-refractivity contribution is 0.0997. The molecule has 1 aromatic heterocycles. The number of aryl methyl sites for hydroxylation is 1. The van der Waals surface area contributed by atoms with Crippen LogP contribution >= 0.6 is 11.3 Å². The van der Waals surface area contributed by atoms with Gasteiger partial charge in [0, 0.05) is 25.2 Å². The summed E-state index contributed by atoms with van der Waals surface area (Å²) in [5.41, 5.74) is 1.12. The van der Waals surface area contributed by atoms with Crippen LogP contribution in [0.5, 0.6) is 0 Å². The van der Waals surface area contributed by atoms with Gasteiger partial charge in [-0.15, -0.1) is 0 Å². The van der Waals surface area contributed by atoms with Crippen molar-refractivity contribution >= 4 is 37.5 Å². The van der Waals surface area contributed by atoms with Crippen LogP contribution in [0.2, 0.25) is 0 Å². The number of thiazole rings is 1. The molecule has 6 nitrogen and oxygen atoms in total. The molecule has 32 heavy (non-hydrogen) atoms. The summed E-state index contributed by atoms with van der Waals surface area (Å²) in [5.74, 6) is -0.181. The minimum atomic E-state index is -3.61. The van der Waals surface area contributed by atoms with E-state index in [2.05, 4.69) is 18.8 Å². The SMILES string of the molecule is CCn1c(=NC(=O)c2ccc(S(=O)(=O)N3C[C@H](C)C[C@@H](C)C3)cc2)sc2cc(F)ccc21. The van der Waals surface area contributed by atoms with Crippen molar-refractivity contribution in [2.45, 2.75) is 38.6 Å². The molecule has 9 heteroatoms. The summed E-state index contributed by atoms with van der Waals surface area (Å²) in [6.45, 7) is 7.65. The van der Waals surface area contributed by atoms with Crippen molar-refractivity contribution in [3.8, 4) is 0 Å². The zero-order valence-corrected chi connectivity index (χ0v) is 19.9. The topological polar surface area (TPSA) is 71.7 Å². The van der Waals surface area contributed by atoms with E-state index in [9.17, 15) is 17.6 Å². The van der Waals surface area contributed by atoms with E-state index in [-0.39, 0.29) is 10.7 Å². The average molecular weight is 476 g/mol. The van der Waals surface area contributed by atoms with E-state index in [1.807, 2.05) is 11.5 Å². The van der Waals surface area contributed by atoms with Gasteiger partial charge in [0.25, 0.3) is 5.91 Å². The zero-order valence-electron chi connectivity index (χ0n) is 18.3. The minimum absolute atomic E-state index is 0.177. The van der Waals surface area contributed by atoms with Crippen LogP contribution in [0.25, 0.3) is 10.2 Å². The van der Waals surface area contributed by atoms with E-state index >= 15 is 0 Å². The molecular weight excluding hydrogens is 449 g/mol. The Bertz CT molecular complexity index is 1320. The van der Waals surface area contributed by atoms with E-state index in [1.165, 1.54) is 52.0 Å². The predicted molar refractivity (Wildman–Crippen MR) is 123 cm³/mol. The van der Waals surface area contributed by atoms with Crippen LogP contribution in [0.4, 0.5) is 4.39 Å². The summed E-state index contributed by atoms with van der Waals surface area (Å²) >= 11 is 1.25. The Labute approximate surface area is 191 Å². The third-order valence-corrected chi connectivity index (χ3v) is 8.62. The van der Waals surface area contributed by atoms with Crippen LogP contribution in [0, 0.1) is 17.7 Å². The van der Waals surface area contributed by atoms with Gasteiger partial charge >= 0.3 is 0 Å². The van der Waals surface area contributed by atoms with Gasteiger partial charge in [-0.2, -0.15) is 9.30 Å². The van der Waals surface area contributed by atoms with Gasteiger partial charge in [0.2, 0.25) is 10.0 Å². The van der Waals surface area contributed by atoms with Crippen molar-refractivity contribution in [1.82, 2.24) is 8.87 Å². The molecule has 1 saturated heterocycles. The van der Waals surface area contributed by atoms with E-state index in [0.717, 1.165) is 11.9 Å². The lowest BCUT2D eigenvalue weighted by atomic mass is 9.94. The van der Waals surface area contributed by atoms with Crippen LogP contribution < -0.4 is 4.80 Å². The van der Waals surface area contributed by atoms with Gasteiger partial charge < -0.3 is 4.57 Å². The molecule has 0 unspecified atom stereocenters. The maximum Gasteiger partial charge on any atom is 0.279 e. The van der Waals surface area contributed by atoms with Crippen molar-refractivity contribution in [3.63, 3.8) is 0 Å². The molecule has 0 aliphatic carbocycles. The molecule has 0 saturated carbocycles. The number of hydrogen-bond acceptors (Lipinski definition) is 4. The average Bonchev–Trinajstić information content (AvgIpc) is 3.08. The molecular formula is C23H26FN3O3S2. The van der Waals surface area contributed by atoms with Crippen molar-refractivity contribution < 1.29 is 17.6 Å². The zero-order chi connectivity index (χ0) is 23.0. The second-order valence-corrected chi connectivity index (χ2v) is 11.4. The van der Waals surface area contributed by atoms with Gasteiger partial charge in [-0.1, -0.05) is 25.2 Å². The van der Waals surface area contributed by atoms with Crippen molar-refractivity contribution in [2.24, 2.45) is 16.8 Å². The molecule has 1 fully saturated rings. The number of rotatable bonds is 4. The number of aromatic nitrogens is 1. The summed E-state index contributed by atoms with van der Waals surface area (Å²) in [4.78, 5) is 17.7. The highest BCUT2D eigenvalue weighted by atomic mass is 32.2. The molecule has 170 valence electrons. The fourth-order valence-corrected chi connectivity index (χ4v) is 7.11. The first-order valence-corrected chi connectivity index (χ1v) is 12.9. The second kappa shape index (κ2) is 8.88. The van der Waals surface area contributed by atoms with Crippen molar-refractivity contribution in [2.75, 3.05) is 13.1 Å². The number of amides is 1. The third kappa shape index (κ3) is 4.42. The van der Waals surface area contributed by atoms with Crippen LogP contribution in [0.1, 0.15) is 37.6 Å². The number of nitrogens with zero attached hydrogens (tertiary/aromatic N) is 3. The number of hydrogen-bond donors (Lipinski definition) is 0. The van der Waals surface area contributed by atoms with Crippen LogP contribution in [-0.2, 0) is 16.6 Å². The molecule has 2 atom stereocenters. The largest absolute Gasteiger partial charge is 0.317 e. The molecule has 1 amide bonds. The summed E-state index contributed by atoms with van der Waals surface area (Å²) in [6.07, 6.45) is 1.02. The van der Waals surface area contributed by atoms with Gasteiger partial charge in [-0.05, 0) is 67.6 Å². The van der Waals surface area contributed by atoms with Gasteiger partial charge in [0.05, 0.1) is 15.1 Å². The molecule has 4 rings (SSSR count). The molecule has 1 aliphatic rings. The molecule has 0 spiro atoms. The monoisotopic (exact) mass is 475 g/mol. The van der Waals surface area contributed by atoms with Gasteiger partial charge in [-0.3, -0.25) is 4.79 Å². The van der Waals surface area contributed by atoms with Crippen molar-refractivity contribution in [3.05, 3.63) is 58.6 Å². The smallest absolute Gasteiger partial charge is 0.279 e. The van der Waals surface area contributed by atoms with Gasteiger partial charge in [0.15, 0.2) is 4.80 Å². The molecule has 2 aromatic carbocycles. The Morgan fingerprint density at radius 1 is 1.12 bits per heavy atom. The quantitative estimate of drug-likeness (QED) is 0.566. The lowest BCUT2D eigenvalue weighted by Crippen LogP contribution is -2.42. The van der Waals surface area contributed by atoms with Crippen LogP contribution in [0.3, 0.4) is 0 Å². The summed E-state index contributed by atoms with van der Waals surface area (Å²) in [5, 5.41) is 0. The fourth-order valence-electron chi connectivity index (χ4n) is 4.31. The highest BCUT2D eigenvalue weighted by Crippen LogP contribution is 2.27. The highest BCUT2D eigenvalue weighted by Gasteiger charge is 2.31. The number of carbonyl (C=O) groups is 1. The fraction of sp³-hybridized carbons (Fsp3) is 0.391.